The Morgan fingerprint density at radius 3 is 2.32 bits per heavy atom. The molecule has 1 N–H and O–H groups in total. The number of hydrogen-bond acceptors (Lipinski definition) is 4. The molecule has 0 unspecified atom stereocenters. The molecule has 3 rings (SSSR count). The van der Waals surface area contributed by atoms with Crippen LogP contribution in [0.5, 0.6) is 0 Å². The largest absolute Gasteiger partial charge is 0.392 e. The van der Waals surface area contributed by atoms with Crippen molar-refractivity contribution in [2.45, 2.75) is 63.2 Å². The van der Waals surface area contributed by atoms with Gasteiger partial charge in [0.15, 0.2) is 0 Å². The molecule has 1 saturated heterocycles. The average Bonchev–Trinajstić information content (AvgIpc) is 2.45. The van der Waals surface area contributed by atoms with Crippen LogP contribution in [0.1, 0.15) is 45.4 Å². The van der Waals surface area contributed by atoms with E-state index in [2.05, 4.69) is 4.90 Å². The molecule has 2 atom stereocenters. The summed E-state index contributed by atoms with van der Waals surface area (Å²) in [6, 6.07) is 0. The van der Waals surface area contributed by atoms with Gasteiger partial charge in [-0.25, -0.2) is 0 Å². The number of carbonyl (C=O) groups is 1. The molecule has 0 aromatic heterocycles. The Bertz CT molecular complexity index is 424. The number of aliphatic hydroxyl groups is 1. The molecule has 1 amide bonds. The first-order chi connectivity index (χ1) is 10.5. The summed E-state index contributed by atoms with van der Waals surface area (Å²) in [6.07, 6.45) is 5.51. The predicted molar refractivity (Wildman–Crippen MR) is 84.6 cm³/mol. The molecule has 0 aromatic rings. The van der Waals surface area contributed by atoms with Crippen molar-refractivity contribution in [3.8, 4) is 0 Å². The number of rotatable bonds is 4. The number of hydrogen-bond donors (Lipinski definition) is 1. The molecule has 3 fully saturated rings. The lowest BCUT2D eigenvalue weighted by Gasteiger charge is -2.57. The van der Waals surface area contributed by atoms with Crippen LogP contribution in [-0.2, 0) is 9.53 Å². The molecule has 0 bridgehead atoms. The van der Waals surface area contributed by atoms with Gasteiger partial charge >= 0.3 is 0 Å². The molecule has 0 radical (unpaired) electrons. The molecule has 1 spiro atoms. The zero-order valence-corrected chi connectivity index (χ0v) is 14.2. The van der Waals surface area contributed by atoms with Gasteiger partial charge in [-0.3, -0.25) is 9.69 Å². The number of likely N-dealkylation sites (tertiary alicyclic amines) is 1. The van der Waals surface area contributed by atoms with Gasteiger partial charge in [-0.15, -0.1) is 0 Å². The van der Waals surface area contributed by atoms with Crippen molar-refractivity contribution in [3.63, 3.8) is 0 Å². The van der Waals surface area contributed by atoms with Gasteiger partial charge in [-0.1, -0.05) is 0 Å². The van der Waals surface area contributed by atoms with Crippen LogP contribution in [0.25, 0.3) is 0 Å². The van der Waals surface area contributed by atoms with E-state index in [4.69, 9.17) is 4.74 Å². The van der Waals surface area contributed by atoms with E-state index >= 15 is 0 Å². The molecule has 3 aliphatic rings. The molecule has 22 heavy (non-hydrogen) atoms. The van der Waals surface area contributed by atoms with Gasteiger partial charge < -0.3 is 14.7 Å². The Morgan fingerprint density at radius 1 is 1.27 bits per heavy atom. The summed E-state index contributed by atoms with van der Waals surface area (Å²) in [5, 5.41) is 10.3. The Hall–Kier alpha value is -0.650. The summed E-state index contributed by atoms with van der Waals surface area (Å²) in [5.41, 5.74) is -0.361. The molecule has 5 heteroatoms. The Kier molecular flexibility index (Phi) is 4.25. The first-order valence-corrected chi connectivity index (χ1v) is 8.73. The van der Waals surface area contributed by atoms with Gasteiger partial charge in [0.1, 0.15) is 5.54 Å². The van der Waals surface area contributed by atoms with Gasteiger partial charge in [-0.2, -0.15) is 0 Å². The minimum absolute atomic E-state index is 0.0995. The molecule has 5 nitrogen and oxygen atoms in total. The van der Waals surface area contributed by atoms with Crippen LogP contribution >= 0.6 is 0 Å². The third-order valence-electron chi connectivity index (χ3n) is 6.53. The fourth-order valence-corrected chi connectivity index (χ4v) is 4.60. The number of piperidine rings is 1. The number of ether oxygens (including phenoxy) is 1. The Balaban J connectivity index is 1.63. The molecule has 0 aromatic carbocycles. The van der Waals surface area contributed by atoms with Crippen LogP contribution in [0.15, 0.2) is 0 Å². The third kappa shape index (κ3) is 2.21. The van der Waals surface area contributed by atoms with E-state index in [1.54, 1.807) is 0 Å². The van der Waals surface area contributed by atoms with Crippen molar-refractivity contribution >= 4 is 5.91 Å². The van der Waals surface area contributed by atoms with Gasteiger partial charge in [0.25, 0.3) is 0 Å². The summed E-state index contributed by atoms with van der Waals surface area (Å²) in [7, 11) is 4.03. The SMILES string of the molecule is CCO[C@@H]1C[C@H](O)C12CCN(C(=O)C1(N(C)C)CCC1)CC2. The fraction of sp³-hybridized carbons (Fsp3) is 0.941. The lowest BCUT2D eigenvalue weighted by atomic mass is 9.58. The van der Waals surface area contributed by atoms with Crippen molar-refractivity contribution in [3.05, 3.63) is 0 Å². The lowest BCUT2D eigenvalue weighted by molar-refractivity contribution is -0.211. The molecule has 1 heterocycles. The van der Waals surface area contributed by atoms with Gasteiger partial charge in [0.05, 0.1) is 12.2 Å². The molecule has 1 aliphatic heterocycles. The van der Waals surface area contributed by atoms with Crippen molar-refractivity contribution in [1.29, 1.82) is 0 Å². The maximum atomic E-state index is 12.9. The van der Waals surface area contributed by atoms with E-state index in [0.717, 1.165) is 51.6 Å². The van der Waals surface area contributed by atoms with Crippen LogP contribution in [0.3, 0.4) is 0 Å². The average molecular weight is 310 g/mol. The second kappa shape index (κ2) is 5.77. The lowest BCUT2D eigenvalue weighted by Crippen LogP contribution is -2.66. The number of amides is 1. The Labute approximate surface area is 133 Å². The zero-order valence-electron chi connectivity index (χ0n) is 14.2. The smallest absolute Gasteiger partial charge is 0.243 e. The van der Waals surface area contributed by atoms with Crippen LogP contribution in [-0.4, -0.2) is 72.4 Å². The monoisotopic (exact) mass is 310 g/mol. The van der Waals surface area contributed by atoms with Crippen molar-refractivity contribution in [2.24, 2.45) is 5.41 Å². The van der Waals surface area contributed by atoms with Crippen LogP contribution in [0, 0.1) is 5.41 Å². The molecular formula is C17H30N2O3. The number of nitrogens with zero attached hydrogens (tertiary/aromatic N) is 2. The molecule has 126 valence electrons. The van der Waals surface area contributed by atoms with E-state index in [1.165, 1.54) is 0 Å². The number of aliphatic hydroxyl groups excluding tert-OH is 1. The van der Waals surface area contributed by atoms with E-state index in [1.807, 2.05) is 25.9 Å². The van der Waals surface area contributed by atoms with Crippen LogP contribution in [0.4, 0.5) is 0 Å². The topological polar surface area (TPSA) is 53.0 Å². The summed E-state index contributed by atoms with van der Waals surface area (Å²) >= 11 is 0. The minimum Gasteiger partial charge on any atom is -0.392 e. The van der Waals surface area contributed by atoms with Gasteiger partial charge in [0, 0.05) is 31.5 Å². The first-order valence-electron chi connectivity index (χ1n) is 8.73. The summed E-state index contributed by atoms with van der Waals surface area (Å²) < 4.78 is 5.80. The summed E-state index contributed by atoms with van der Waals surface area (Å²) in [5.74, 6) is 0.292. The highest BCUT2D eigenvalue weighted by Crippen LogP contribution is 2.51. The maximum Gasteiger partial charge on any atom is 0.243 e. The Morgan fingerprint density at radius 2 is 1.91 bits per heavy atom. The fourth-order valence-electron chi connectivity index (χ4n) is 4.60. The van der Waals surface area contributed by atoms with Crippen molar-refractivity contribution in [1.82, 2.24) is 9.80 Å². The van der Waals surface area contributed by atoms with Crippen molar-refractivity contribution < 1.29 is 14.6 Å². The number of carbonyl (C=O) groups excluding carboxylic acids is 1. The van der Waals surface area contributed by atoms with Gasteiger partial charge in [0.2, 0.25) is 5.91 Å². The van der Waals surface area contributed by atoms with E-state index < -0.39 is 0 Å². The highest BCUT2D eigenvalue weighted by atomic mass is 16.5. The van der Waals surface area contributed by atoms with Crippen LogP contribution in [0.2, 0.25) is 0 Å². The van der Waals surface area contributed by atoms with E-state index in [0.29, 0.717) is 12.5 Å². The zero-order chi connectivity index (χ0) is 16.0. The highest BCUT2D eigenvalue weighted by Gasteiger charge is 2.57. The second-order valence-corrected chi connectivity index (χ2v) is 7.50. The van der Waals surface area contributed by atoms with Gasteiger partial charge in [-0.05, 0) is 53.1 Å². The number of likely N-dealkylation sites (N-methyl/N-ethyl adjacent to an activating group) is 1. The first kappa shape index (κ1) is 16.2. The van der Waals surface area contributed by atoms with E-state index in [-0.39, 0.29) is 23.2 Å². The maximum absolute atomic E-state index is 12.9. The quantitative estimate of drug-likeness (QED) is 0.849. The van der Waals surface area contributed by atoms with E-state index in [9.17, 15) is 9.90 Å². The standard InChI is InChI=1S/C17H30N2O3/c1-4-22-14-12-13(20)16(14)8-10-19(11-9-16)15(21)17(18(2)3)6-5-7-17/h13-14,20H,4-12H2,1-3H3/t13-,14+/m0/s1. The molecule has 2 aliphatic carbocycles. The van der Waals surface area contributed by atoms with Crippen molar-refractivity contribution in [2.75, 3.05) is 33.8 Å². The van der Waals surface area contributed by atoms with Crippen LogP contribution < -0.4 is 0 Å². The molecule has 2 saturated carbocycles. The minimum atomic E-state index is -0.262. The summed E-state index contributed by atoms with van der Waals surface area (Å²) in [4.78, 5) is 17.1. The molecular weight excluding hydrogens is 280 g/mol. The normalized spacial score (nSPS) is 32.7. The summed E-state index contributed by atoms with van der Waals surface area (Å²) in [6.45, 7) is 4.23. The second-order valence-electron chi connectivity index (χ2n) is 7.50. The predicted octanol–water partition coefficient (Wildman–Crippen LogP) is 1.25. The third-order valence-corrected chi connectivity index (χ3v) is 6.53. The highest BCUT2D eigenvalue weighted by molar-refractivity contribution is 5.87.